The zero-order valence-corrected chi connectivity index (χ0v) is 20.9. The van der Waals surface area contributed by atoms with Crippen molar-refractivity contribution in [3.05, 3.63) is 48.0 Å². The van der Waals surface area contributed by atoms with Gasteiger partial charge in [0.1, 0.15) is 0 Å². The number of nitrogens with zero attached hydrogens (tertiary/aromatic N) is 4. The molecule has 0 unspecified atom stereocenters. The number of hydrogen-bond donors (Lipinski definition) is 1. The van der Waals surface area contributed by atoms with E-state index in [0.717, 1.165) is 41.5 Å². The minimum atomic E-state index is -3.58. The number of sulfonamides is 1. The number of piperazine rings is 1. The van der Waals surface area contributed by atoms with Gasteiger partial charge in [-0.25, -0.2) is 13.4 Å². The van der Waals surface area contributed by atoms with Crippen molar-refractivity contribution in [1.29, 1.82) is 0 Å². The Hall–Kier alpha value is -2.53. The first-order valence-electron chi connectivity index (χ1n) is 10.9. The number of fused-ring (bicyclic) bond motifs is 1. The third-order valence-corrected chi connectivity index (χ3v) is 9.06. The van der Waals surface area contributed by atoms with Gasteiger partial charge in [-0.3, -0.25) is 4.79 Å². The minimum Gasteiger partial charge on any atom is -0.345 e. The molecule has 176 valence electrons. The highest BCUT2D eigenvalue weighted by atomic mass is 32.2. The van der Waals surface area contributed by atoms with Crippen LogP contribution in [-0.4, -0.2) is 74.8 Å². The third-order valence-electron chi connectivity index (χ3n) is 5.93. The highest BCUT2D eigenvalue weighted by Crippen LogP contribution is 2.31. The van der Waals surface area contributed by atoms with Gasteiger partial charge in [-0.15, -0.1) is 0 Å². The van der Waals surface area contributed by atoms with Crippen molar-refractivity contribution in [3.63, 3.8) is 0 Å². The second-order valence-electron chi connectivity index (χ2n) is 8.56. The number of hydrogen-bond acceptors (Lipinski definition) is 7. The molecule has 33 heavy (non-hydrogen) atoms. The molecule has 1 amide bonds. The van der Waals surface area contributed by atoms with Crippen molar-refractivity contribution in [1.82, 2.24) is 14.2 Å². The fourth-order valence-corrected chi connectivity index (χ4v) is 5.97. The van der Waals surface area contributed by atoms with E-state index in [1.54, 1.807) is 18.4 Å². The van der Waals surface area contributed by atoms with Crippen molar-refractivity contribution in [2.24, 2.45) is 0 Å². The summed E-state index contributed by atoms with van der Waals surface area (Å²) in [6.07, 6.45) is 0. The number of rotatable bonds is 6. The Labute approximate surface area is 198 Å². The predicted molar refractivity (Wildman–Crippen MR) is 134 cm³/mol. The summed E-state index contributed by atoms with van der Waals surface area (Å²) in [6.45, 7) is 7.58. The summed E-state index contributed by atoms with van der Waals surface area (Å²) in [4.78, 5) is 22.3. The zero-order valence-electron chi connectivity index (χ0n) is 19.3. The lowest BCUT2D eigenvalue weighted by Crippen LogP contribution is -2.44. The number of benzene rings is 2. The van der Waals surface area contributed by atoms with Crippen molar-refractivity contribution in [3.8, 4) is 0 Å². The van der Waals surface area contributed by atoms with E-state index in [1.807, 2.05) is 32.0 Å². The van der Waals surface area contributed by atoms with Crippen molar-refractivity contribution >= 4 is 48.3 Å². The molecular weight excluding hydrogens is 458 g/mol. The summed E-state index contributed by atoms with van der Waals surface area (Å²) in [5.41, 5.74) is 1.98. The second-order valence-corrected chi connectivity index (χ2v) is 11.6. The van der Waals surface area contributed by atoms with E-state index in [9.17, 15) is 13.2 Å². The molecule has 1 saturated heterocycles. The number of carbonyl (C=O) groups is 1. The van der Waals surface area contributed by atoms with E-state index in [4.69, 9.17) is 4.98 Å². The van der Waals surface area contributed by atoms with Crippen LogP contribution in [0.4, 0.5) is 10.8 Å². The highest BCUT2D eigenvalue weighted by Gasteiger charge is 2.23. The first kappa shape index (κ1) is 23.6. The number of amides is 1. The second kappa shape index (κ2) is 9.38. The normalized spacial score (nSPS) is 15.5. The van der Waals surface area contributed by atoms with Gasteiger partial charge >= 0.3 is 0 Å². The third kappa shape index (κ3) is 5.03. The maximum absolute atomic E-state index is 12.7. The summed E-state index contributed by atoms with van der Waals surface area (Å²) in [5, 5.41) is 3.91. The molecule has 4 rings (SSSR count). The molecule has 1 aliphatic rings. The lowest BCUT2D eigenvalue weighted by atomic mass is 10.2. The molecule has 8 nitrogen and oxygen atoms in total. The Bertz CT molecular complexity index is 1250. The van der Waals surface area contributed by atoms with E-state index in [-0.39, 0.29) is 16.8 Å². The van der Waals surface area contributed by atoms with Crippen LogP contribution >= 0.6 is 11.3 Å². The van der Waals surface area contributed by atoms with Gasteiger partial charge in [-0.2, -0.15) is 4.31 Å². The molecule has 1 aromatic heterocycles. The van der Waals surface area contributed by atoms with Gasteiger partial charge in [0.25, 0.3) is 5.91 Å². The van der Waals surface area contributed by atoms with Crippen molar-refractivity contribution in [2.45, 2.75) is 24.8 Å². The Morgan fingerprint density at radius 3 is 2.39 bits per heavy atom. The highest BCUT2D eigenvalue weighted by molar-refractivity contribution is 7.89. The first-order chi connectivity index (χ1) is 15.6. The molecule has 0 spiro atoms. The number of anilines is 2. The van der Waals surface area contributed by atoms with Crippen LogP contribution in [0.25, 0.3) is 10.2 Å². The summed E-state index contributed by atoms with van der Waals surface area (Å²) in [5.74, 6) is -0.292. The Morgan fingerprint density at radius 1 is 1.09 bits per heavy atom. The summed E-state index contributed by atoms with van der Waals surface area (Å²) in [7, 11) is 0.0885. The zero-order chi connectivity index (χ0) is 23.8. The molecule has 3 aromatic rings. The van der Waals surface area contributed by atoms with Gasteiger partial charge in [0.15, 0.2) is 5.13 Å². The van der Waals surface area contributed by atoms with Crippen LogP contribution in [0.15, 0.2) is 47.4 Å². The summed E-state index contributed by atoms with van der Waals surface area (Å²) in [6, 6.07) is 11.5. The van der Waals surface area contributed by atoms with Gasteiger partial charge in [0, 0.05) is 50.5 Å². The van der Waals surface area contributed by atoms with Crippen LogP contribution in [0.2, 0.25) is 0 Å². The van der Waals surface area contributed by atoms with Crippen LogP contribution in [0, 0.1) is 0 Å². The molecule has 10 heteroatoms. The number of carbonyl (C=O) groups excluding carboxylic acids is 1. The average molecular weight is 488 g/mol. The minimum absolute atomic E-state index is 0.156. The Balaban J connectivity index is 1.47. The van der Waals surface area contributed by atoms with Crippen LogP contribution in [0.1, 0.15) is 24.2 Å². The lowest BCUT2D eigenvalue weighted by Gasteiger charge is -2.31. The number of nitrogens with one attached hydrogen (secondary N) is 1. The van der Waals surface area contributed by atoms with Gasteiger partial charge in [0.05, 0.1) is 15.1 Å². The summed E-state index contributed by atoms with van der Waals surface area (Å²) < 4.78 is 27.6. The molecule has 1 fully saturated rings. The van der Waals surface area contributed by atoms with Crippen molar-refractivity contribution < 1.29 is 13.2 Å². The SMILES string of the molecule is CC(C)N(C)S(=O)(=O)c1ccc(C(=O)Nc2ccc3nc(N4CCN(C)CC4)sc3c2)cc1. The molecule has 0 aliphatic carbocycles. The van der Waals surface area contributed by atoms with Crippen LogP contribution in [-0.2, 0) is 10.0 Å². The largest absolute Gasteiger partial charge is 0.345 e. The maximum atomic E-state index is 12.7. The fraction of sp³-hybridized carbons (Fsp3) is 0.391. The standard InChI is InChI=1S/C23H29N5O3S2/c1-16(2)27(4)33(30,31)19-8-5-17(6-9-19)22(29)24-18-7-10-20-21(15-18)32-23(25-20)28-13-11-26(3)12-14-28/h5-10,15-16H,11-14H2,1-4H3,(H,24,29). The van der Waals surface area contributed by atoms with Crippen LogP contribution < -0.4 is 10.2 Å². The molecule has 0 radical (unpaired) electrons. The smallest absolute Gasteiger partial charge is 0.255 e. The van der Waals surface area contributed by atoms with E-state index in [0.29, 0.717) is 11.3 Å². The average Bonchev–Trinajstić information content (AvgIpc) is 3.22. The van der Waals surface area contributed by atoms with Gasteiger partial charge in [-0.1, -0.05) is 11.3 Å². The molecule has 0 saturated carbocycles. The number of thiazole rings is 1. The Kier molecular flexibility index (Phi) is 6.71. The number of aromatic nitrogens is 1. The molecule has 2 aromatic carbocycles. The fourth-order valence-electron chi connectivity index (χ4n) is 3.55. The lowest BCUT2D eigenvalue weighted by molar-refractivity contribution is 0.102. The van der Waals surface area contributed by atoms with E-state index in [2.05, 4.69) is 22.2 Å². The molecular formula is C23H29N5O3S2. The topological polar surface area (TPSA) is 85.8 Å². The van der Waals surface area contributed by atoms with Crippen LogP contribution in [0.5, 0.6) is 0 Å². The quantitative estimate of drug-likeness (QED) is 0.574. The molecule has 1 N–H and O–H groups in total. The molecule has 0 bridgehead atoms. The van der Waals surface area contributed by atoms with E-state index in [1.165, 1.54) is 28.6 Å². The van der Waals surface area contributed by atoms with Gasteiger partial charge in [-0.05, 0) is 63.4 Å². The van der Waals surface area contributed by atoms with Gasteiger partial charge < -0.3 is 15.1 Å². The van der Waals surface area contributed by atoms with E-state index >= 15 is 0 Å². The molecule has 2 heterocycles. The molecule has 1 aliphatic heterocycles. The first-order valence-corrected chi connectivity index (χ1v) is 13.1. The van der Waals surface area contributed by atoms with Gasteiger partial charge in [0.2, 0.25) is 10.0 Å². The van der Waals surface area contributed by atoms with E-state index < -0.39 is 10.0 Å². The monoisotopic (exact) mass is 487 g/mol. The van der Waals surface area contributed by atoms with Crippen molar-refractivity contribution in [2.75, 3.05) is 50.5 Å². The maximum Gasteiger partial charge on any atom is 0.255 e. The van der Waals surface area contributed by atoms with Crippen LogP contribution in [0.3, 0.4) is 0 Å². The predicted octanol–water partition coefficient (Wildman–Crippen LogP) is 3.33. The molecule has 0 atom stereocenters. The summed E-state index contributed by atoms with van der Waals surface area (Å²) >= 11 is 1.63. The number of likely N-dealkylation sites (N-methyl/N-ethyl adjacent to an activating group) is 1. The Morgan fingerprint density at radius 2 is 1.76 bits per heavy atom.